The van der Waals surface area contributed by atoms with E-state index < -0.39 is 11.6 Å². The number of nitrogens with zero attached hydrogens (tertiary/aromatic N) is 1. The Hall–Kier alpha value is -2.14. The monoisotopic (exact) mass is 294 g/mol. The van der Waals surface area contributed by atoms with Gasteiger partial charge in [-0.25, -0.2) is 8.78 Å². The fourth-order valence-electron chi connectivity index (χ4n) is 2.16. The van der Waals surface area contributed by atoms with Crippen LogP contribution in [0.2, 0.25) is 5.02 Å². The number of carbonyl (C=O) groups excluding carboxylic acids is 1. The van der Waals surface area contributed by atoms with Crippen molar-refractivity contribution >= 4 is 34.6 Å². The number of fused-ring (bicyclic) bond motifs is 1. The van der Waals surface area contributed by atoms with Crippen LogP contribution >= 0.6 is 11.6 Å². The van der Waals surface area contributed by atoms with E-state index in [1.165, 1.54) is 11.0 Å². The minimum absolute atomic E-state index is 0.0203. The molecule has 2 aromatic rings. The predicted octanol–water partition coefficient (Wildman–Crippen LogP) is 3.71. The average Bonchev–Trinajstić information content (AvgIpc) is 2.43. The Morgan fingerprint density at radius 2 is 1.80 bits per heavy atom. The first-order valence-corrected chi connectivity index (χ1v) is 6.25. The molecule has 3 rings (SSSR count). The van der Waals surface area contributed by atoms with E-state index >= 15 is 0 Å². The van der Waals surface area contributed by atoms with Gasteiger partial charge in [0.25, 0.3) is 0 Å². The molecule has 0 spiro atoms. The summed E-state index contributed by atoms with van der Waals surface area (Å²) in [4.78, 5) is 13.1. The van der Waals surface area contributed by atoms with Gasteiger partial charge in [-0.05, 0) is 36.4 Å². The maximum atomic E-state index is 14.0. The highest BCUT2D eigenvalue weighted by molar-refractivity contribution is 6.30. The van der Waals surface area contributed by atoms with Crippen LogP contribution in [0.4, 0.5) is 25.8 Å². The summed E-state index contributed by atoms with van der Waals surface area (Å²) in [5.74, 6) is -2.24. The van der Waals surface area contributed by atoms with E-state index in [0.717, 1.165) is 6.07 Å². The van der Waals surface area contributed by atoms with Crippen molar-refractivity contribution in [2.24, 2.45) is 0 Å². The molecule has 1 N–H and O–H groups in total. The fourth-order valence-corrected chi connectivity index (χ4v) is 2.28. The van der Waals surface area contributed by atoms with Gasteiger partial charge in [0.2, 0.25) is 5.91 Å². The van der Waals surface area contributed by atoms with Crippen molar-refractivity contribution in [3.8, 4) is 0 Å². The van der Waals surface area contributed by atoms with Crippen LogP contribution in [-0.4, -0.2) is 12.5 Å². The number of carbonyl (C=O) groups is 1. The van der Waals surface area contributed by atoms with Gasteiger partial charge in [0.05, 0.1) is 5.69 Å². The van der Waals surface area contributed by atoms with Gasteiger partial charge >= 0.3 is 0 Å². The lowest BCUT2D eigenvalue weighted by Crippen LogP contribution is -2.35. The van der Waals surface area contributed by atoms with E-state index in [4.69, 9.17) is 11.6 Å². The van der Waals surface area contributed by atoms with Crippen molar-refractivity contribution < 1.29 is 13.6 Å². The molecule has 6 heteroatoms. The normalized spacial score (nSPS) is 13.9. The molecule has 0 unspecified atom stereocenters. The average molecular weight is 295 g/mol. The first kappa shape index (κ1) is 12.9. The molecule has 0 fully saturated rings. The molecular formula is C14H9ClF2N2O. The molecule has 1 aliphatic heterocycles. The second-order valence-electron chi connectivity index (χ2n) is 4.37. The highest BCUT2D eigenvalue weighted by Crippen LogP contribution is 2.38. The lowest BCUT2D eigenvalue weighted by atomic mass is 10.1. The summed E-state index contributed by atoms with van der Waals surface area (Å²) < 4.78 is 27.5. The van der Waals surface area contributed by atoms with Crippen LogP contribution in [0.1, 0.15) is 0 Å². The first-order chi connectivity index (χ1) is 9.56. The lowest BCUT2D eigenvalue weighted by molar-refractivity contribution is -0.115. The van der Waals surface area contributed by atoms with Crippen LogP contribution in [-0.2, 0) is 4.79 Å². The number of anilines is 3. The van der Waals surface area contributed by atoms with Crippen LogP contribution < -0.4 is 10.2 Å². The smallest absolute Gasteiger partial charge is 0.244 e. The van der Waals surface area contributed by atoms with E-state index in [1.54, 1.807) is 24.3 Å². The summed E-state index contributed by atoms with van der Waals surface area (Å²) in [6, 6.07) is 8.87. The van der Waals surface area contributed by atoms with Gasteiger partial charge in [-0.2, -0.15) is 0 Å². The number of hydrogen-bond donors (Lipinski definition) is 1. The highest BCUT2D eigenvalue weighted by atomic mass is 35.5. The van der Waals surface area contributed by atoms with E-state index in [-0.39, 0.29) is 23.8 Å². The predicted molar refractivity (Wildman–Crippen MR) is 73.4 cm³/mol. The molecule has 2 aromatic carbocycles. The zero-order valence-corrected chi connectivity index (χ0v) is 10.9. The van der Waals surface area contributed by atoms with Gasteiger partial charge < -0.3 is 10.2 Å². The van der Waals surface area contributed by atoms with Gasteiger partial charge in [0.15, 0.2) is 11.6 Å². The molecule has 0 radical (unpaired) electrons. The van der Waals surface area contributed by atoms with Gasteiger partial charge in [0.1, 0.15) is 12.2 Å². The second kappa shape index (κ2) is 4.76. The first-order valence-electron chi connectivity index (χ1n) is 5.87. The third-order valence-corrected chi connectivity index (χ3v) is 3.31. The maximum Gasteiger partial charge on any atom is 0.244 e. The van der Waals surface area contributed by atoms with Crippen molar-refractivity contribution in [2.75, 3.05) is 16.8 Å². The minimum Gasteiger partial charge on any atom is -0.328 e. The SMILES string of the molecule is O=C1CN(c2ccc(Cl)cc2)c2c(ccc(F)c2F)N1. The summed E-state index contributed by atoms with van der Waals surface area (Å²) in [7, 11) is 0. The van der Waals surface area contributed by atoms with E-state index in [0.29, 0.717) is 10.7 Å². The maximum absolute atomic E-state index is 14.0. The van der Waals surface area contributed by atoms with Crippen molar-refractivity contribution in [1.82, 2.24) is 0 Å². The number of nitrogens with one attached hydrogen (secondary N) is 1. The van der Waals surface area contributed by atoms with E-state index in [9.17, 15) is 13.6 Å². The van der Waals surface area contributed by atoms with Crippen LogP contribution in [0.25, 0.3) is 0 Å². The quantitative estimate of drug-likeness (QED) is 0.869. The number of halogens is 3. The molecule has 0 aromatic heterocycles. The molecule has 0 saturated carbocycles. The number of rotatable bonds is 1. The van der Waals surface area contributed by atoms with Gasteiger partial charge in [-0.3, -0.25) is 4.79 Å². The van der Waals surface area contributed by atoms with Crippen LogP contribution in [0.5, 0.6) is 0 Å². The van der Waals surface area contributed by atoms with Crippen molar-refractivity contribution in [3.63, 3.8) is 0 Å². The molecule has 0 atom stereocenters. The molecule has 0 bridgehead atoms. The zero-order valence-electron chi connectivity index (χ0n) is 10.2. The zero-order chi connectivity index (χ0) is 14.3. The summed E-state index contributed by atoms with van der Waals surface area (Å²) in [6.07, 6.45) is 0. The Labute approximate surface area is 118 Å². The van der Waals surface area contributed by atoms with Crippen LogP contribution in [0, 0.1) is 11.6 Å². The molecule has 102 valence electrons. The minimum atomic E-state index is -0.988. The molecule has 3 nitrogen and oxygen atoms in total. The summed E-state index contributed by atoms with van der Waals surface area (Å²) in [5, 5.41) is 3.05. The fraction of sp³-hybridized carbons (Fsp3) is 0.0714. The Morgan fingerprint density at radius 1 is 1.10 bits per heavy atom. The second-order valence-corrected chi connectivity index (χ2v) is 4.80. The van der Waals surface area contributed by atoms with Crippen LogP contribution in [0.15, 0.2) is 36.4 Å². The van der Waals surface area contributed by atoms with Crippen molar-refractivity contribution in [3.05, 3.63) is 53.1 Å². The largest absolute Gasteiger partial charge is 0.328 e. The number of benzene rings is 2. The Bertz CT molecular complexity index is 688. The third kappa shape index (κ3) is 2.10. The van der Waals surface area contributed by atoms with E-state index in [1.807, 2.05) is 0 Å². The Morgan fingerprint density at radius 3 is 2.50 bits per heavy atom. The Balaban J connectivity index is 2.16. The molecule has 1 heterocycles. The summed E-state index contributed by atoms with van der Waals surface area (Å²) in [5.41, 5.74) is 0.831. The van der Waals surface area contributed by atoms with Gasteiger partial charge in [-0.1, -0.05) is 11.6 Å². The standard InChI is InChI=1S/C14H9ClF2N2O/c15-8-1-3-9(4-2-8)19-7-12(20)18-11-6-5-10(16)13(17)14(11)19/h1-6H,7H2,(H,18,20). The molecule has 1 amide bonds. The van der Waals surface area contributed by atoms with E-state index in [2.05, 4.69) is 5.32 Å². The van der Waals surface area contributed by atoms with Gasteiger partial charge in [-0.15, -0.1) is 0 Å². The molecule has 20 heavy (non-hydrogen) atoms. The molecular weight excluding hydrogens is 286 g/mol. The Kier molecular flexibility index (Phi) is 3.06. The topological polar surface area (TPSA) is 32.3 Å². The number of hydrogen-bond acceptors (Lipinski definition) is 2. The van der Waals surface area contributed by atoms with Gasteiger partial charge in [0, 0.05) is 10.7 Å². The van der Waals surface area contributed by atoms with Crippen molar-refractivity contribution in [1.29, 1.82) is 0 Å². The third-order valence-electron chi connectivity index (χ3n) is 3.05. The molecule has 1 aliphatic rings. The van der Waals surface area contributed by atoms with Crippen molar-refractivity contribution in [2.45, 2.75) is 0 Å². The highest BCUT2D eigenvalue weighted by Gasteiger charge is 2.28. The lowest BCUT2D eigenvalue weighted by Gasteiger charge is -2.31. The molecule has 0 aliphatic carbocycles. The molecule has 0 saturated heterocycles. The van der Waals surface area contributed by atoms with Crippen LogP contribution in [0.3, 0.4) is 0 Å². The number of amides is 1. The summed E-state index contributed by atoms with van der Waals surface area (Å²) in [6.45, 7) is -0.0883. The summed E-state index contributed by atoms with van der Waals surface area (Å²) >= 11 is 5.80.